The number of ether oxygens (including phenoxy) is 1. The van der Waals surface area contributed by atoms with Crippen LogP contribution >= 0.6 is 0 Å². The molecular formula is C28H28N4O5. The van der Waals surface area contributed by atoms with Crippen LogP contribution in [0.1, 0.15) is 40.9 Å². The Morgan fingerprint density at radius 3 is 2.49 bits per heavy atom. The maximum atomic E-state index is 13.6. The number of fused-ring (bicyclic) bond motifs is 2. The van der Waals surface area contributed by atoms with Crippen LogP contribution < -0.4 is 27.0 Å². The molecule has 4 aromatic rings. The van der Waals surface area contributed by atoms with Crippen LogP contribution in [0.3, 0.4) is 0 Å². The van der Waals surface area contributed by atoms with Crippen molar-refractivity contribution < 1.29 is 14.6 Å². The summed E-state index contributed by atoms with van der Waals surface area (Å²) in [6, 6.07) is 12.8. The number of aromatic hydroxyl groups is 1. The van der Waals surface area contributed by atoms with E-state index in [9.17, 15) is 19.5 Å². The maximum Gasteiger partial charge on any atom is 0.336 e. The van der Waals surface area contributed by atoms with Gasteiger partial charge in [0.15, 0.2) is 0 Å². The van der Waals surface area contributed by atoms with Gasteiger partial charge in [-0.25, -0.2) is 9.36 Å². The van der Waals surface area contributed by atoms with E-state index < -0.39 is 22.8 Å². The summed E-state index contributed by atoms with van der Waals surface area (Å²) in [6.07, 6.45) is 0.542. The number of nitrogens with two attached hydrogens (primary N) is 1. The fourth-order valence-corrected chi connectivity index (χ4v) is 5.00. The minimum atomic E-state index is -0.830. The number of rotatable bonds is 3. The lowest BCUT2D eigenvalue weighted by Gasteiger charge is -2.20. The summed E-state index contributed by atoms with van der Waals surface area (Å²) < 4.78 is 8.15. The van der Waals surface area contributed by atoms with Gasteiger partial charge in [-0.1, -0.05) is 36.4 Å². The van der Waals surface area contributed by atoms with Crippen LogP contribution in [-0.4, -0.2) is 25.7 Å². The van der Waals surface area contributed by atoms with Gasteiger partial charge < -0.3 is 20.9 Å². The molecule has 1 aromatic heterocycles. The molecule has 0 aliphatic carbocycles. The first-order chi connectivity index (χ1) is 17.4. The zero-order valence-corrected chi connectivity index (χ0v) is 21.3. The van der Waals surface area contributed by atoms with Crippen LogP contribution in [0, 0.1) is 13.8 Å². The summed E-state index contributed by atoms with van der Waals surface area (Å²) >= 11 is 0. The molecule has 0 saturated carbocycles. The number of benzene rings is 3. The average molecular weight is 501 g/mol. The summed E-state index contributed by atoms with van der Waals surface area (Å²) in [5.41, 5.74) is 6.52. The Morgan fingerprint density at radius 1 is 1.08 bits per heavy atom. The van der Waals surface area contributed by atoms with Gasteiger partial charge in [0.05, 0.1) is 11.4 Å². The second kappa shape index (κ2) is 8.26. The van der Waals surface area contributed by atoms with E-state index in [1.54, 1.807) is 26.0 Å². The first-order valence-electron chi connectivity index (χ1n) is 11.9. The summed E-state index contributed by atoms with van der Waals surface area (Å²) in [7, 11) is 1.30. The van der Waals surface area contributed by atoms with Crippen LogP contribution in [0.4, 0.5) is 11.5 Å². The van der Waals surface area contributed by atoms with Crippen molar-refractivity contribution in [2.75, 3.05) is 11.1 Å². The number of carbonyl (C=O) groups is 1. The highest BCUT2D eigenvalue weighted by Crippen LogP contribution is 2.48. The Balaban J connectivity index is 1.70. The second-order valence-corrected chi connectivity index (χ2v) is 10.0. The van der Waals surface area contributed by atoms with Crippen molar-refractivity contribution in [3.8, 4) is 17.2 Å². The van der Waals surface area contributed by atoms with Crippen molar-refractivity contribution in [2.45, 2.75) is 39.7 Å². The third-order valence-electron chi connectivity index (χ3n) is 6.99. The van der Waals surface area contributed by atoms with E-state index in [0.29, 0.717) is 29.0 Å². The number of carbonyl (C=O) groups excluding carboxylic acids is 1. The lowest BCUT2D eigenvalue weighted by Crippen LogP contribution is -2.43. The zero-order chi connectivity index (χ0) is 26.8. The van der Waals surface area contributed by atoms with Gasteiger partial charge in [-0.3, -0.25) is 14.2 Å². The highest BCUT2D eigenvalue weighted by molar-refractivity contribution is 6.09. The molecule has 0 fully saturated rings. The number of hydrogen-bond donors (Lipinski definition) is 3. The van der Waals surface area contributed by atoms with Crippen molar-refractivity contribution in [3.05, 3.63) is 85.6 Å². The third kappa shape index (κ3) is 3.66. The summed E-state index contributed by atoms with van der Waals surface area (Å²) in [4.78, 5) is 40.0. The SMILES string of the molecule is Cc1c(O)c(C)c(NC(=O)c2c(N)n(-c3cccc4ccccc34)c(=O)n(C)c2=O)c2c1CC(C)(C)O2. The molecular weight excluding hydrogens is 472 g/mol. The van der Waals surface area contributed by atoms with Gasteiger partial charge in [-0.15, -0.1) is 0 Å². The number of aromatic nitrogens is 2. The minimum Gasteiger partial charge on any atom is -0.507 e. The normalized spacial score (nSPS) is 13.9. The number of phenols is 1. The van der Waals surface area contributed by atoms with Crippen molar-refractivity contribution in [2.24, 2.45) is 7.05 Å². The van der Waals surface area contributed by atoms with Gasteiger partial charge in [-0.2, -0.15) is 0 Å². The highest BCUT2D eigenvalue weighted by atomic mass is 16.5. The first-order valence-corrected chi connectivity index (χ1v) is 11.9. The number of phenolic OH excluding ortho intramolecular Hbond substituents is 1. The third-order valence-corrected chi connectivity index (χ3v) is 6.99. The molecule has 0 radical (unpaired) electrons. The van der Waals surface area contributed by atoms with Crippen LogP contribution in [-0.2, 0) is 13.5 Å². The second-order valence-electron chi connectivity index (χ2n) is 10.0. The molecule has 1 aliphatic rings. The zero-order valence-electron chi connectivity index (χ0n) is 21.3. The fraction of sp³-hybridized carbons (Fsp3) is 0.250. The van der Waals surface area contributed by atoms with Crippen molar-refractivity contribution in [3.63, 3.8) is 0 Å². The summed E-state index contributed by atoms with van der Waals surface area (Å²) in [6.45, 7) is 7.28. The van der Waals surface area contributed by atoms with Crippen molar-refractivity contribution >= 4 is 28.2 Å². The molecule has 3 aromatic carbocycles. The number of nitrogen functional groups attached to an aromatic ring is 1. The monoisotopic (exact) mass is 500 g/mol. The molecule has 9 heteroatoms. The largest absolute Gasteiger partial charge is 0.507 e. The quantitative estimate of drug-likeness (QED) is 0.395. The Labute approximate surface area is 212 Å². The van der Waals surface area contributed by atoms with Crippen LogP contribution in [0.2, 0.25) is 0 Å². The van der Waals surface area contributed by atoms with E-state index in [1.807, 2.05) is 44.2 Å². The van der Waals surface area contributed by atoms with Crippen molar-refractivity contribution in [1.82, 2.24) is 9.13 Å². The lowest BCUT2D eigenvalue weighted by molar-refractivity contribution is 0.102. The highest BCUT2D eigenvalue weighted by Gasteiger charge is 2.36. The molecule has 1 aliphatic heterocycles. The lowest BCUT2D eigenvalue weighted by atomic mass is 9.95. The van der Waals surface area contributed by atoms with Crippen molar-refractivity contribution in [1.29, 1.82) is 0 Å². The van der Waals surface area contributed by atoms with Crippen LogP contribution in [0.5, 0.6) is 11.5 Å². The maximum absolute atomic E-state index is 13.6. The van der Waals surface area contributed by atoms with E-state index >= 15 is 0 Å². The van der Waals surface area contributed by atoms with Gasteiger partial charge in [0.1, 0.15) is 28.5 Å². The number of nitrogens with one attached hydrogen (secondary N) is 1. The van der Waals surface area contributed by atoms with Crippen LogP contribution in [0.15, 0.2) is 52.1 Å². The Kier molecular flexibility index (Phi) is 5.40. The fourth-order valence-electron chi connectivity index (χ4n) is 5.00. The number of nitrogens with zero attached hydrogens (tertiary/aromatic N) is 2. The molecule has 0 saturated heterocycles. The molecule has 190 valence electrons. The molecule has 4 N–H and O–H groups in total. The van der Waals surface area contributed by atoms with E-state index in [-0.39, 0.29) is 22.8 Å². The molecule has 0 bridgehead atoms. The van der Waals surface area contributed by atoms with Gasteiger partial charge in [0.25, 0.3) is 11.5 Å². The average Bonchev–Trinajstić information content (AvgIpc) is 3.19. The predicted octanol–water partition coefficient (Wildman–Crippen LogP) is 3.56. The number of anilines is 2. The summed E-state index contributed by atoms with van der Waals surface area (Å²) in [5.74, 6) is -0.608. The minimum absolute atomic E-state index is 0.0388. The predicted molar refractivity (Wildman–Crippen MR) is 143 cm³/mol. The van der Waals surface area contributed by atoms with E-state index in [2.05, 4.69) is 5.32 Å². The number of hydrogen-bond acceptors (Lipinski definition) is 6. The topological polar surface area (TPSA) is 129 Å². The molecule has 37 heavy (non-hydrogen) atoms. The molecule has 0 spiro atoms. The molecule has 5 rings (SSSR count). The van der Waals surface area contributed by atoms with Crippen LogP contribution in [0.25, 0.3) is 16.5 Å². The van der Waals surface area contributed by atoms with Gasteiger partial charge in [-0.05, 0) is 44.7 Å². The molecule has 2 heterocycles. The van der Waals surface area contributed by atoms with Gasteiger partial charge in [0.2, 0.25) is 0 Å². The molecule has 9 nitrogen and oxygen atoms in total. The first kappa shape index (κ1) is 24.2. The molecule has 1 amide bonds. The van der Waals surface area contributed by atoms with Gasteiger partial charge >= 0.3 is 5.69 Å². The Hall–Kier alpha value is -4.53. The molecule has 0 atom stereocenters. The van der Waals surface area contributed by atoms with E-state index in [1.165, 1.54) is 11.6 Å². The summed E-state index contributed by atoms with van der Waals surface area (Å²) in [5, 5.41) is 15.1. The van der Waals surface area contributed by atoms with E-state index in [0.717, 1.165) is 20.9 Å². The smallest absolute Gasteiger partial charge is 0.336 e. The molecule has 0 unspecified atom stereocenters. The van der Waals surface area contributed by atoms with E-state index in [4.69, 9.17) is 10.5 Å². The van der Waals surface area contributed by atoms with Gasteiger partial charge in [0, 0.05) is 30.0 Å². The Morgan fingerprint density at radius 2 is 1.76 bits per heavy atom. The standard InChI is InChI=1S/C28H28N4O5/c1-14-18-13-28(3,4)37-23(18)21(15(2)22(14)33)30-25(34)20-24(29)32(27(36)31(5)26(20)35)19-12-8-10-16-9-6-7-11-17(16)19/h6-12,33H,13,29H2,1-5H3,(H,30,34). The number of amides is 1. The Bertz CT molecular complexity index is 1740.